The van der Waals surface area contributed by atoms with E-state index in [1.165, 1.54) is 21.9 Å². The topological polar surface area (TPSA) is 122 Å². The van der Waals surface area contributed by atoms with Gasteiger partial charge in [0, 0.05) is 50.6 Å². The number of aromatic nitrogens is 6. The van der Waals surface area contributed by atoms with Crippen LogP contribution in [0.15, 0.2) is 293 Å². The number of hydrogen-bond acceptors (Lipinski definition) is 10. The van der Waals surface area contributed by atoms with Crippen molar-refractivity contribution in [3.05, 3.63) is 284 Å². The molecule has 1 aliphatic rings. The van der Waals surface area contributed by atoms with Crippen LogP contribution in [0, 0.1) is 82.9 Å². The van der Waals surface area contributed by atoms with Gasteiger partial charge in [-0.05, 0) is 272 Å². The van der Waals surface area contributed by atoms with Gasteiger partial charge in [-0.25, -0.2) is 19.9 Å². The van der Waals surface area contributed by atoms with E-state index in [-0.39, 0.29) is 0 Å². The number of pyridine rings is 4. The van der Waals surface area contributed by atoms with Crippen LogP contribution in [0.3, 0.4) is 0 Å². The van der Waals surface area contributed by atoms with Gasteiger partial charge in [0.15, 0.2) is 11.2 Å². The summed E-state index contributed by atoms with van der Waals surface area (Å²) in [6.45, 7) is 11.8. The predicted molar refractivity (Wildman–Crippen MR) is 462 cm³/mol. The molecule has 0 spiro atoms. The van der Waals surface area contributed by atoms with Crippen molar-refractivity contribution < 1.29 is 18.1 Å². The number of fused-ring (bicyclic) bond motifs is 12. The van der Waals surface area contributed by atoms with E-state index < -0.39 is 18.3 Å². The number of hydrogen-bond donors (Lipinski definition) is 0. The molecule has 12 aromatic carbocycles. The summed E-state index contributed by atoms with van der Waals surface area (Å²) in [7, 11) is -0.463. The Bertz CT molecular complexity index is 7080. The Kier molecular flexibility index (Phi) is 20.4. The maximum absolute atomic E-state index is 6.57. The number of halogens is 1. The molecule has 0 aliphatic carbocycles. The van der Waals surface area contributed by atoms with Crippen LogP contribution in [0.1, 0.15) is 41.5 Å². The van der Waals surface area contributed by atoms with Crippen molar-refractivity contribution >= 4 is 137 Å². The smallest absolute Gasteiger partial charge is 0.436 e. The predicted octanol–water partition coefficient (Wildman–Crippen LogP) is 22.6. The maximum atomic E-state index is 6.57. The van der Waals surface area contributed by atoms with Gasteiger partial charge in [0.1, 0.15) is 15.6 Å². The molecule has 0 unspecified atom stereocenters. The van der Waals surface area contributed by atoms with Gasteiger partial charge in [-0.15, -0.1) is 0 Å². The lowest BCUT2D eigenvalue weighted by Crippen LogP contribution is -2.41. The molecule has 112 heavy (non-hydrogen) atoms. The van der Waals surface area contributed by atoms with Gasteiger partial charge in [-0.2, -0.15) is 0 Å². The molecule has 12 heteroatoms. The largest absolute Gasteiger partial charge is 0.496 e. The third kappa shape index (κ3) is 14.7. The van der Waals surface area contributed by atoms with E-state index in [0.717, 1.165) is 142 Å². The second-order valence-electron chi connectivity index (χ2n) is 27.2. The summed E-state index contributed by atoms with van der Waals surface area (Å²) in [5, 5.41) is 13.6. The van der Waals surface area contributed by atoms with Crippen molar-refractivity contribution in [3.8, 4) is 139 Å². The van der Waals surface area contributed by atoms with E-state index >= 15 is 0 Å². The summed E-state index contributed by atoms with van der Waals surface area (Å²) in [5.41, 5.74) is 15.7. The number of rotatable bonds is 6. The van der Waals surface area contributed by atoms with Crippen LogP contribution >= 0.6 is 15.9 Å². The van der Waals surface area contributed by atoms with Gasteiger partial charge in [0.2, 0.25) is 11.8 Å². The van der Waals surface area contributed by atoms with Crippen LogP contribution in [0.5, 0.6) is 0 Å². The van der Waals surface area contributed by atoms with Crippen molar-refractivity contribution in [3.63, 3.8) is 0 Å². The van der Waals surface area contributed by atoms with Gasteiger partial charge < -0.3 is 18.1 Å². The Morgan fingerprint density at radius 1 is 0.312 bits per heavy atom. The summed E-state index contributed by atoms with van der Waals surface area (Å²) < 4.78 is 26.2. The molecule has 10 nitrogen and oxygen atoms in total. The zero-order valence-electron chi connectivity index (χ0n) is 61.8. The fraction of sp³-hybridized carbons (Fsp3) is 0.0800. The van der Waals surface area contributed by atoms with Gasteiger partial charge in [-0.1, -0.05) is 206 Å². The Morgan fingerprint density at radius 2 is 0.661 bits per heavy atom. The van der Waals surface area contributed by atoms with E-state index in [2.05, 4.69) is 300 Å². The monoisotopic (exact) mass is 1500 g/mol. The molecule has 528 valence electrons. The van der Waals surface area contributed by atoms with E-state index in [4.69, 9.17) is 38.1 Å². The first-order valence-electron chi connectivity index (χ1n) is 36.3. The Morgan fingerprint density at radius 3 is 1.08 bits per heavy atom. The molecular formula is C100H64BBrN6O4. The highest BCUT2D eigenvalue weighted by atomic mass is 79.9. The SMILES string of the molecule is Brc1ccc2ccc3cccnc3c2n1.CC#CC#CC#CC#CC#CC#CC#CC.CC1(C)OB(c2c3ccccc3c(-c3ccc4oc(-c5ccccc5)nc4c3)c3ccccc23)OC1(C)C.c1ccc(-c2nc3cc(-c4c5ccccc5c(-c5ccc6ccc7cccnc7c6n5)c5ccccc45)ccc3o2)cc1. The molecule has 1 fully saturated rings. The third-order valence-corrected chi connectivity index (χ3v) is 20.3. The van der Waals surface area contributed by atoms with Gasteiger partial charge in [0.25, 0.3) is 0 Å². The zero-order chi connectivity index (χ0) is 76.6. The second-order valence-corrected chi connectivity index (χ2v) is 28.0. The second kappa shape index (κ2) is 31.8. The molecule has 19 rings (SSSR count). The van der Waals surface area contributed by atoms with E-state index in [1.54, 1.807) is 20.0 Å². The molecular weight excluding hydrogens is 1440 g/mol. The molecule has 0 bridgehead atoms. The van der Waals surface area contributed by atoms with Crippen LogP contribution in [0.4, 0.5) is 0 Å². The molecule has 7 heterocycles. The van der Waals surface area contributed by atoms with Crippen molar-refractivity contribution in [2.45, 2.75) is 52.7 Å². The highest BCUT2D eigenvalue weighted by Crippen LogP contribution is 2.46. The molecule has 0 N–H and O–H groups in total. The Hall–Kier alpha value is -14.4. The average molecular weight is 1500 g/mol. The van der Waals surface area contributed by atoms with E-state index in [0.29, 0.717) is 11.8 Å². The van der Waals surface area contributed by atoms with E-state index in [9.17, 15) is 0 Å². The quantitative estimate of drug-likeness (QED) is 0.0523. The van der Waals surface area contributed by atoms with Crippen molar-refractivity contribution in [1.29, 1.82) is 0 Å². The van der Waals surface area contributed by atoms with Crippen LogP contribution in [0.25, 0.3) is 165 Å². The molecule has 0 amide bonds. The van der Waals surface area contributed by atoms with Crippen LogP contribution in [-0.4, -0.2) is 48.2 Å². The molecule has 0 saturated carbocycles. The first-order valence-corrected chi connectivity index (χ1v) is 37.1. The third-order valence-electron chi connectivity index (χ3n) is 19.8. The standard InChI is InChI=1S/C39H23N3O.C33H28BNO3.C16H6.C12H7BrN2/c1-2-9-26(10-3-1)39-42-33-23-27(19-21-34(33)43-39)35-28-12-4-6-14-30(28)36(31-15-7-5-13-29(31)35)32-20-18-25-17-16-24-11-8-22-40-37(24)38(25)41-32;1-32(2)33(3,4)38-34(37-32)30-25-16-10-8-14-23(25)29(24-15-9-11-17-26(24)30)22-18-19-28-27(20-22)35-31(36-28)21-12-6-5-7-13-21;1-3-5-7-9-11-13-15-16-14-12-10-8-6-4-2;13-10-6-5-9-4-3-8-2-1-7-14-11(8)12(9)15-10/h1-23H;5-20H,1-4H3;1-2H3;1-7H. The average Bonchev–Trinajstić information content (AvgIpc) is 1.04. The molecule has 0 radical (unpaired) electrons. The van der Waals surface area contributed by atoms with E-state index in [1.807, 2.05) is 109 Å². The minimum Gasteiger partial charge on any atom is -0.436 e. The highest BCUT2D eigenvalue weighted by molar-refractivity contribution is 9.10. The summed E-state index contributed by atoms with van der Waals surface area (Å²) in [6, 6.07) is 91.7. The number of benzene rings is 12. The fourth-order valence-electron chi connectivity index (χ4n) is 14.0. The number of oxazole rings is 2. The minimum atomic E-state index is -0.463. The first kappa shape index (κ1) is 71.9. The summed E-state index contributed by atoms with van der Waals surface area (Å²) in [5.74, 6) is 36.8. The van der Waals surface area contributed by atoms with Crippen LogP contribution in [-0.2, 0) is 9.31 Å². The van der Waals surface area contributed by atoms with Crippen LogP contribution in [0.2, 0.25) is 0 Å². The van der Waals surface area contributed by atoms with Gasteiger partial charge in [-0.3, -0.25) is 9.97 Å². The summed E-state index contributed by atoms with van der Waals surface area (Å²) in [4.78, 5) is 28.5. The molecule has 6 aromatic heterocycles. The fourth-order valence-corrected chi connectivity index (χ4v) is 14.3. The number of nitrogens with zero attached hydrogens (tertiary/aromatic N) is 6. The lowest BCUT2D eigenvalue weighted by molar-refractivity contribution is 0.00578. The van der Waals surface area contributed by atoms with Crippen LogP contribution < -0.4 is 5.46 Å². The normalized spacial score (nSPS) is 12.2. The molecule has 1 aliphatic heterocycles. The minimum absolute atomic E-state index is 0.424. The van der Waals surface area contributed by atoms with Crippen molar-refractivity contribution in [2.24, 2.45) is 0 Å². The Balaban J connectivity index is 0.000000124. The zero-order valence-corrected chi connectivity index (χ0v) is 63.4. The van der Waals surface area contributed by atoms with Crippen molar-refractivity contribution in [2.75, 3.05) is 0 Å². The molecule has 18 aromatic rings. The van der Waals surface area contributed by atoms with Gasteiger partial charge >= 0.3 is 7.12 Å². The first-order chi connectivity index (χ1) is 54.9. The van der Waals surface area contributed by atoms with Crippen molar-refractivity contribution in [1.82, 2.24) is 29.9 Å². The molecule has 0 atom stereocenters. The summed E-state index contributed by atoms with van der Waals surface area (Å²) in [6.07, 6.45) is 3.63. The lowest BCUT2D eigenvalue weighted by atomic mass is 9.71. The Labute approximate surface area is 657 Å². The molecule has 1 saturated heterocycles. The van der Waals surface area contributed by atoms with Gasteiger partial charge in [0.05, 0.1) is 39.0 Å². The lowest BCUT2D eigenvalue weighted by Gasteiger charge is -2.32. The maximum Gasteiger partial charge on any atom is 0.496 e. The highest BCUT2D eigenvalue weighted by Gasteiger charge is 2.52. The summed E-state index contributed by atoms with van der Waals surface area (Å²) >= 11 is 3.38.